The first-order valence-electron chi connectivity index (χ1n) is 4.85. The van der Waals surface area contributed by atoms with Crippen molar-refractivity contribution in [3.63, 3.8) is 0 Å². The lowest BCUT2D eigenvalue weighted by Crippen LogP contribution is -1.96. The van der Waals surface area contributed by atoms with Crippen LogP contribution in [0, 0.1) is 0 Å². The van der Waals surface area contributed by atoms with Crippen LogP contribution < -0.4 is 0 Å². The van der Waals surface area contributed by atoms with Crippen molar-refractivity contribution >= 4 is 16.9 Å². The van der Waals surface area contributed by atoms with Crippen LogP contribution in [-0.4, -0.2) is 16.1 Å². The zero-order valence-electron chi connectivity index (χ0n) is 8.77. The zero-order valence-corrected chi connectivity index (χ0v) is 8.77. The first-order valence-corrected chi connectivity index (χ1v) is 4.85. The monoisotopic (exact) mass is 203 g/mol. The van der Waals surface area contributed by atoms with Gasteiger partial charge in [0.05, 0.1) is 11.1 Å². The fraction of sp³-hybridized carbons (Fsp3) is 0.167. The number of nitrogens with zero attached hydrogens (tertiary/aromatic N) is 1. The predicted molar refractivity (Wildman–Crippen MR) is 60.1 cm³/mol. The molecule has 0 atom stereocenters. The minimum atomic E-state index is -0.946. The molecule has 0 unspecified atom stereocenters. The van der Waals surface area contributed by atoms with Crippen LogP contribution in [-0.2, 0) is 0 Å². The van der Waals surface area contributed by atoms with Crippen molar-refractivity contribution in [2.45, 2.75) is 13.8 Å². The number of benzene rings is 1. The quantitative estimate of drug-likeness (QED) is 0.775. The maximum Gasteiger partial charge on any atom is 0.337 e. The molecule has 2 rings (SSSR count). The number of pyridine rings is 1. The lowest BCUT2D eigenvalue weighted by Gasteiger charge is -1.97. The fourth-order valence-electron chi connectivity index (χ4n) is 1.19. The first kappa shape index (κ1) is 11.2. The summed E-state index contributed by atoms with van der Waals surface area (Å²) >= 11 is 0. The largest absolute Gasteiger partial charge is 0.478 e. The second-order valence-electron chi connectivity index (χ2n) is 2.72. The molecule has 1 aromatic heterocycles. The second-order valence-corrected chi connectivity index (χ2v) is 2.72. The van der Waals surface area contributed by atoms with E-state index >= 15 is 0 Å². The maximum atomic E-state index is 10.6. The van der Waals surface area contributed by atoms with Gasteiger partial charge < -0.3 is 5.11 Å². The third kappa shape index (κ3) is 2.53. The molecule has 0 radical (unpaired) electrons. The van der Waals surface area contributed by atoms with E-state index in [2.05, 4.69) is 4.98 Å². The summed E-state index contributed by atoms with van der Waals surface area (Å²) in [5.74, 6) is -0.946. The lowest BCUT2D eigenvalue weighted by molar-refractivity contribution is 0.0696. The number of aromatic nitrogens is 1. The van der Waals surface area contributed by atoms with Gasteiger partial charge in [0, 0.05) is 11.6 Å². The third-order valence-corrected chi connectivity index (χ3v) is 1.84. The van der Waals surface area contributed by atoms with Gasteiger partial charge in [-0.3, -0.25) is 4.98 Å². The molecule has 0 saturated heterocycles. The van der Waals surface area contributed by atoms with E-state index in [1.165, 1.54) is 6.20 Å². The number of aromatic carboxylic acids is 1. The van der Waals surface area contributed by atoms with E-state index in [9.17, 15) is 4.79 Å². The highest BCUT2D eigenvalue weighted by molar-refractivity contribution is 5.92. The molecule has 3 nitrogen and oxygen atoms in total. The summed E-state index contributed by atoms with van der Waals surface area (Å²) in [6, 6.07) is 9.03. The van der Waals surface area contributed by atoms with Crippen LogP contribution in [0.15, 0.2) is 36.5 Å². The fourth-order valence-corrected chi connectivity index (χ4v) is 1.19. The minimum Gasteiger partial charge on any atom is -0.478 e. The number of carbonyl (C=O) groups is 1. The Bertz CT molecular complexity index is 466. The molecule has 0 fully saturated rings. The summed E-state index contributed by atoms with van der Waals surface area (Å²) in [5.41, 5.74) is 1.03. The molecule has 0 bridgehead atoms. The molecule has 0 aliphatic carbocycles. The number of hydrogen-bond donors (Lipinski definition) is 1. The van der Waals surface area contributed by atoms with Gasteiger partial charge >= 0.3 is 5.97 Å². The van der Waals surface area contributed by atoms with Crippen LogP contribution in [0.1, 0.15) is 24.2 Å². The molecule has 0 amide bonds. The van der Waals surface area contributed by atoms with E-state index in [0.717, 1.165) is 10.9 Å². The molecule has 0 saturated carbocycles. The van der Waals surface area contributed by atoms with E-state index in [0.29, 0.717) is 0 Å². The van der Waals surface area contributed by atoms with E-state index in [-0.39, 0.29) is 5.56 Å². The summed E-state index contributed by atoms with van der Waals surface area (Å²) in [6.45, 7) is 4.00. The number of fused-ring (bicyclic) bond motifs is 1. The normalized spacial score (nSPS) is 9.20. The Morgan fingerprint density at radius 2 is 1.93 bits per heavy atom. The van der Waals surface area contributed by atoms with E-state index in [4.69, 9.17) is 5.11 Å². The molecule has 2 aromatic rings. The summed E-state index contributed by atoms with van der Waals surface area (Å²) in [5, 5.41) is 9.55. The van der Waals surface area contributed by atoms with Crippen LogP contribution in [0.3, 0.4) is 0 Å². The van der Waals surface area contributed by atoms with Crippen molar-refractivity contribution in [1.29, 1.82) is 0 Å². The van der Waals surface area contributed by atoms with Crippen molar-refractivity contribution in [3.05, 3.63) is 42.1 Å². The van der Waals surface area contributed by atoms with Crippen molar-refractivity contribution < 1.29 is 9.90 Å². The third-order valence-electron chi connectivity index (χ3n) is 1.84. The first-order chi connectivity index (χ1) is 7.27. The van der Waals surface area contributed by atoms with E-state index in [1.54, 1.807) is 6.07 Å². The van der Waals surface area contributed by atoms with E-state index in [1.807, 2.05) is 38.1 Å². The number of rotatable bonds is 1. The van der Waals surface area contributed by atoms with Gasteiger partial charge in [0.2, 0.25) is 0 Å². The lowest BCUT2D eigenvalue weighted by atomic mass is 10.2. The van der Waals surface area contributed by atoms with Crippen molar-refractivity contribution in [2.75, 3.05) is 0 Å². The summed E-state index contributed by atoms with van der Waals surface area (Å²) in [7, 11) is 0. The van der Waals surface area contributed by atoms with Crippen LogP contribution in [0.2, 0.25) is 0 Å². The molecule has 1 N–H and O–H groups in total. The molecule has 78 valence electrons. The van der Waals surface area contributed by atoms with Gasteiger partial charge in [-0.1, -0.05) is 32.0 Å². The second kappa shape index (κ2) is 5.10. The Morgan fingerprint density at radius 1 is 1.27 bits per heavy atom. The average Bonchev–Trinajstić information content (AvgIpc) is 2.31. The van der Waals surface area contributed by atoms with Crippen molar-refractivity contribution in [1.82, 2.24) is 4.98 Å². The smallest absolute Gasteiger partial charge is 0.337 e. The average molecular weight is 203 g/mol. The SMILES string of the molecule is CC.O=C(O)c1cnc2ccccc2c1. The maximum absolute atomic E-state index is 10.6. The van der Waals surface area contributed by atoms with Gasteiger partial charge in [-0.2, -0.15) is 0 Å². The van der Waals surface area contributed by atoms with Crippen molar-refractivity contribution in [3.8, 4) is 0 Å². The summed E-state index contributed by atoms with van der Waals surface area (Å²) < 4.78 is 0. The molecular formula is C12H13NO2. The van der Waals surface area contributed by atoms with Crippen LogP contribution in [0.4, 0.5) is 0 Å². The Morgan fingerprint density at radius 3 is 2.60 bits per heavy atom. The Balaban J connectivity index is 0.000000531. The topological polar surface area (TPSA) is 50.2 Å². The molecule has 15 heavy (non-hydrogen) atoms. The van der Waals surface area contributed by atoms with Crippen LogP contribution in [0.25, 0.3) is 10.9 Å². The highest BCUT2D eigenvalue weighted by Gasteiger charge is 2.03. The van der Waals surface area contributed by atoms with Gasteiger partial charge in [0.15, 0.2) is 0 Å². The number of hydrogen-bond acceptors (Lipinski definition) is 2. The predicted octanol–water partition coefficient (Wildman–Crippen LogP) is 2.96. The molecule has 0 spiro atoms. The molecule has 3 heteroatoms. The van der Waals surface area contributed by atoms with Gasteiger partial charge in [0.1, 0.15) is 0 Å². The van der Waals surface area contributed by atoms with Gasteiger partial charge in [-0.25, -0.2) is 4.79 Å². The van der Waals surface area contributed by atoms with Gasteiger partial charge in [0.25, 0.3) is 0 Å². The summed E-state index contributed by atoms with van der Waals surface area (Å²) in [4.78, 5) is 14.6. The van der Waals surface area contributed by atoms with Crippen LogP contribution in [0.5, 0.6) is 0 Å². The standard InChI is InChI=1S/C10H7NO2.C2H6/c12-10(13)8-5-7-3-1-2-4-9(7)11-6-8;1-2/h1-6H,(H,12,13);1-2H3. The molecular weight excluding hydrogens is 190 g/mol. The van der Waals surface area contributed by atoms with E-state index < -0.39 is 5.97 Å². The van der Waals surface area contributed by atoms with Gasteiger partial charge in [-0.15, -0.1) is 0 Å². The molecule has 1 aromatic carbocycles. The number of carboxylic acid groups (broad SMARTS) is 1. The number of para-hydroxylation sites is 1. The molecule has 0 aliphatic heterocycles. The Labute approximate surface area is 88.4 Å². The zero-order chi connectivity index (χ0) is 11.3. The molecule has 1 heterocycles. The Kier molecular flexibility index (Phi) is 3.80. The van der Waals surface area contributed by atoms with Gasteiger partial charge in [-0.05, 0) is 12.1 Å². The number of carboxylic acids is 1. The highest BCUT2D eigenvalue weighted by Crippen LogP contribution is 2.12. The summed E-state index contributed by atoms with van der Waals surface area (Å²) in [6.07, 6.45) is 1.37. The minimum absolute atomic E-state index is 0.221. The van der Waals surface area contributed by atoms with Crippen LogP contribution >= 0.6 is 0 Å². The Hall–Kier alpha value is -1.90. The highest BCUT2D eigenvalue weighted by atomic mass is 16.4. The van der Waals surface area contributed by atoms with Crippen molar-refractivity contribution in [2.24, 2.45) is 0 Å². The molecule has 0 aliphatic rings.